The van der Waals surface area contributed by atoms with Gasteiger partial charge < -0.3 is 9.29 Å². The average molecular weight is 505 g/mol. The van der Waals surface area contributed by atoms with Crippen molar-refractivity contribution in [1.29, 1.82) is 0 Å². The summed E-state index contributed by atoms with van der Waals surface area (Å²) in [6.45, 7) is 7.53. The van der Waals surface area contributed by atoms with Crippen molar-refractivity contribution in [2.24, 2.45) is 0 Å². The molecule has 0 radical (unpaired) electrons. The normalized spacial score (nSPS) is 13.3. The molecule has 0 spiro atoms. The Morgan fingerprint density at radius 2 is 1.18 bits per heavy atom. The molecular weight excluding hydrogens is 455 g/mol. The van der Waals surface area contributed by atoms with E-state index in [0.717, 1.165) is 19.3 Å². The summed E-state index contributed by atoms with van der Waals surface area (Å²) in [6.07, 6.45) is 20.0. The quantitative estimate of drug-likeness (QED) is 0.137. The summed E-state index contributed by atoms with van der Waals surface area (Å²) in [7, 11) is -4.57. The van der Waals surface area contributed by atoms with Crippen LogP contribution in [0.3, 0.4) is 0 Å². The second-order valence-electron chi connectivity index (χ2n) is 9.72. The molecule has 0 saturated carbocycles. The molecule has 0 N–H and O–H groups in total. The second kappa shape index (κ2) is 19.1. The Kier molecular flexibility index (Phi) is 19.1. The summed E-state index contributed by atoms with van der Waals surface area (Å²) in [5.74, 6) is 0.486. The van der Waals surface area contributed by atoms with E-state index in [1.807, 2.05) is 12.1 Å². The van der Waals surface area contributed by atoms with E-state index in [9.17, 15) is 13.0 Å². The Morgan fingerprint density at radius 3 is 1.62 bits per heavy atom. The first kappa shape index (κ1) is 33.9. The SMILES string of the molecule is CCCCCCCCCc1ccc(OC(C)(CC)S(=O)(=O)[O-])cc1CCCCCCCCC.[Na+]. The van der Waals surface area contributed by atoms with E-state index in [2.05, 4.69) is 19.9 Å². The molecule has 1 rings (SSSR count). The topological polar surface area (TPSA) is 66.4 Å². The van der Waals surface area contributed by atoms with E-state index in [1.54, 1.807) is 6.92 Å². The van der Waals surface area contributed by atoms with Crippen LogP contribution in [-0.2, 0) is 23.0 Å². The Balaban J connectivity index is 0.0000109. The van der Waals surface area contributed by atoms with Crippen molar-refractivity contribution in [1.82, 2.24) is 0 Å². The Hall–Kier alpha value is -0.0700. The fourth-order valence-corrected chi connectivity index (χ4v) is 4.79. The standard InChI is InChI=1S/C28H50O4S.Na/c1-5-8-10-12-14-16-18-20-25-22-23-27(32-28(4,7-3)33(29,30)31)24-26(25)21-19-17-15-13-11-9-6-2;/h22-24H,5-21H2,1-4H3,(H,29,30,31);/q;+1/p-1. The number of ether oxygens (including phenoxy) is 1. The molecule has 0 saturated heterocycles. The number of rotatable bonds is 20. The molecule has 0 amide bonds. The van der Waals surface area contributed by atoms with Crippen LogP contribution in [0.25, 0.3) is 0 Å². The molecule has 0 fully saturated rings. The van der Waals surface area contributed by atoms with E-state index >= 15 is 0 Å². The van der Waals surface area contributed by atoms with E-state index in [1.165, 1.54) is 102 Å². The predicted octanol–water partition coefficient (Wildman–Crippen LogP) is 5.33. The maximum Gasteiger partial charge on any atom is 1.00 e. The number of hydrogen-bond acceptors (Lipinski definition) is 4. The minimum absolute atomic E-state index is 0. The molecule has 1 unspecified atom stereocenters. The van der Waals surface area contributed by atoms with Crippen molar-refractivity contribution >= 4 is 10.1 Å². The molecule has 1 atom stereocenters. The maximum absolute atomic E-state index is 11.7. The van der Waals surface area contributed by atoms with Gasteiger partial charge in [0.1, 0.15) is 15.9 Å². The van der Waals surface area contributed by atoms with Crippen LogP contribution < -0.4 is 34.3 Å². The van der Waals surface area contributed by atoms with Gasteiger partial charge in [-0.2, -0.15) is 0 Å². The van der Waals surface area contributed by atoms with Crippen LogP contribution in [0.5, 0.6) is 5.75 Å². The fourth-order valence-electron chi connectivity index (χ4n) is 4.24. The summed E-state index contributed by atoms with van der Waals surface area (Å²) in [4.78, 5) is -1.73. The van der Waals surface area contributed by atoms with Crippen LogP contribution in [-0.4, -0.2) is 17.9 Å². The average Bonchev–Trinajstić information content (AvgIpc) is 2.78. The molecule has 0 aliphatic rings. The molecule has 6 heteroatoms. The van der Waals surface area contributed by atoms with E-state index in [0.29, 0.717) is 5.75 Å². The number of unbranched alkanes of at least 4 members (excludes halogenated alkanes) is 12. The van der Waals surface area contributed by atoms with Crippen LogP contribution in [0.15, 0.2) is 18.2 Å². The Bertz CT molecular complexity index is 751. The summed E-state index contributed by atoms with van der Waals surface area (Å²) < 4.78 is 41.0. The van der Waals surface area contributed by atoms with Crippen LogP contribution in [0, 0.1) is 0 Å². The third-order valence-electron chi connectivity index (χ3n) is 6.78. The van der Waals surface area contributed by atoms with Crippen molar-refractivity contribution in [3.8, 4) is 5.75 Å². The van der Waals surface area contributed by atoms with Gasteiger partial charge in [0.25, 0.3) is 0 Å². The molecule has 1 aromatic rings. The second-order valence-corrected chi connectivity index (χ2v) is 11.5. The summed E-state index contributed by atoms with van der Waals surface area (Å²) in [5, 5.41) is 0. The van der Waals surface area contributed by atoms with Crippen LogP contribution in [0.1, 0.15) is 135 Å². The molecule has 192 valence electrons. The first-order valence-corrected chi connectivity index (χ1v) is 14.9. The molecule has 0 heterocycles. The zero-order chi connectivity index (χ0) is 24.6. The van der Waals surface area contributed by atoms with E-state index in [4.69, 9.17) is 4.74 Å². The Morgan fingerprint density at radius 1 is 0.735 bits per heavy atom. The molecule has 1 aromatic carbocycles. The molecule has 0 aromatic heterocycles. The van der Waals surface area contributed by atoms with Crippen molar-refractivity contribution in [3.05, 3.63) is 29.3 Å². The number of hydrogen-bond donors (Lipinski definition) is 0. The number of benzene rings is 1. The van der Waals surface area contributed by atoms with Gasteiger partial charge in [0.2, 0.25) is 0 Å². The first-order valence-electron chi connectivity index (χ1n) is 13.5. The van der Waals surface area contributed by atoms with Gasteiger partial charge in [0.15, 0.2) is 4.93 Å². The summed E-state index contributed by atoms with van der Waals surface area (Å²) >= 11 is 0. The van der Waals surface area contributed by atoms with Crippen molar-refractivity contribution in [3.63, 3.8) is 0 Å². The van der Waals surface area contributed by atoms with Gasteiger partial charge in [-0.15, -0.1) is 0 Å². The maximum atomic E-state index is 11.7. The van der Waals surface area contributed by atoms with Gasteiger partial charge in [-0.3, -0.25) is 0 Å². The Labute approximate surface area is 233 Å². The van der Waals surface area contributed by atoms with Gasteiger partial charge in [-0.05, 0) is 62.3 Å². The first-order chi connectivity index (χ1) is 15.8. The molecule has 4 nitrogen and oxygen atoms in total. The molecule has 0 aliphatic heterocycles. The zero-order valence-corrected chi connectivity index (χ0v) is 25.6. The number of aryl methyl sites for hydroxylation is 2. The summed E-state index contributed by atoms with van der Waals surface area (Å²) in [5.41, 5.74) is 2.58. The van der Waals surface area contributed by atoms with Crippen molar-refractivity contribution < 1.29 is 47.3 Å². The van der Waals surface area contributed by atoms with Crippen LogP contribution in [0.4, 0.5) is 0 Å². The minimum atomic E-state index is -4.57. The van der Waals surface area contributed by atoms with E-state index in [-0.39, 0.29) is 36.0 Å². The third kappa shape index (κ3) is 13.3. The monoisotopic (exact) mass is 504 g/mol. The molecular formula is C28H49NaO4S. The van der Waals surface area contributed by atoms with Crippen LogP contribution >= 0.6 is 0 Å². The molecule has 0 bridgehead atoms. The summed E-state index contributed by atoms with van der Waals surface area (Å²) in [6, 6.07) is 5.90. The fraction of sp³-hybridized carbons (Fsp3) is 0.786. The molecule has 34 heavy (non-hydrogen) atoms. The molecule has 0 aliphatic carbocycles. The van der Waals surface area contributed by atoms with Gasteiger partial charge in [0.05, 0.1) is 0 Å². The predicted molar refractivity (Wildman–Crippen MR) is 139 cm³/mol. The van der Waals surface area contributed by atoms with Gasteiger partial charge in [-0.25, -0.2) is 8.42 Å². The third-order valence-corrected chi connectivity index (χ3v) is 8.21. The van der Waals surface area contributed by atoms with Gasteiger partial charge >= 0.3 is 29.6 Å². The largest absolute Gasteiger partial charge is 1.00 e. The zero-order valence-electron chi connectivity index (χ0n) is 22.8. The smallest absolute Gasteiger partial charge is 0.745 e. The van der Waals surface area contributed by atoms with Gasteiger partial charge in [0, 0.05) is 0 Å². The van der Waals surface area contributed by atoms with Crippen LogP contribution in [0.2, 0.25) is 0 Å². The van der Waals surface area contributed by atoms with Gasteiger partial charge in [-0.1, -0.05) is 104 Å². The van der Waals surface area contributed by atoms with E-state index < -0.39 is 15.1 Å². The van der Waals surface area contributed by atoms with Crippen molar-refractivity contribution in [2.75, 3.05) is 0 Å². The van der Waals surface area contributed by atoms with Crippen molar-refractivity contribution in [2.45, 2.75) is 142 Å². The minimum Gasteiger partial charge on any atom is -0.745 e.